The predicted octanol–water partition coefficient (Wildman–Crippen LogP) is 0.376. The average Bonchev–Trinajstić information content (AvgIpc) is 3.05. The highest BCUT2D eigenvalue weighted by Crippen LogP contribution is 2.25. The van der Waals surface area contributed by atoms with Gasteiger partial charge in [-0.3, -0.25) is 9.59 Å². The lowest BCUT2D eigenvalue weighted by Crippen LogP contribution is -2.40. The minimum absolute atomic E-state index is 0.103. The number of thiazole rings is 1. The number of rotatable bonds is 6. The fraction of sp³-hybridized carbons (Fsp3) is 0.250. The molecule has 2 heterocycles. The van der Waals surface area contributed by atoms with Gasteiger partial charge in [0.15, 0.2) is 0 Å². The van der Waals surface area contributed by atoms with Crippen molar-refractivity contribution in [3.8, 4) is 10.6 Å². The SMILES string of the molecule is NC(=O)C(O)CNC(=O)Cc1csc(-c2ccsc2)n1. The minimum Gasteiger partial charge on any atom is -0.381 e. The summed E-state index contributed by atoms with van der Waals surface area (Å²) in [7, 11) is 0. The molecule has 0 aromatic carbocycles. The van der Waals surface area contributed by atoms with Crippen molar-refractivity contribution >= 4 is 34.5 Å². The predicted molar refractivity (Wildman–Crippen MR) is 77.3 cm³/mol. The van der Waals surface area contributed by atoms with Gasteiger partial charge in [-0.15, -0.1) is 11.3 Å². The van der Waals surface area contributed by atoms with Crippen LogP contribution >= 0.6 is 22.7 Å². The number of thiophene rings is 1. The third kappa shape index (κ3) is 3.86. The summed E-state index contributed by atoms with van der Waals surface area (Å²) in [6.45, 7) is -0.185. The molecule has 2 aromatic heterocycles. The molecule has 0 aliphatic carbocycles. The van der Waals surface area contributed by atoms with Gasteiger partial charge in [0.25, 0.3) is 0 Å². The summed E-state index contributed by atoms with van der Waals surface area (Å²) < 4.78 is 0. The lowest BCUT2D eigenvalue weighted by atomic mass is 10.3. The van der Waals surface area contributed by atoms with E-state index in [1.54, 1.807) is 11.3 Å². The Labute approximate surface area is 123 Å². The number of nitrogens with zero attached hydrogens (tertiary/aromatic N) is 1. The van der Waals surface area contributed by atoms with Crippen molar-refractivity contribution in [2.45, 2.75) is 12.5 Å². The normalized spacial score (nSPS) is 12.1. The molecule has 8 heteroatoms. The van der Waals surface area contributed by atoms with Crippen molar-refractivity contribution in [3.63, 3.8) is 0 Å². The molecule has 6 nitrogen and oxygen atoms in total. The highest BCUT2D eigenvalue weighted by atomic mass is 32.1. The number of primary amides is 1. The van der Waals surface area contributed by atoms with Gasteiger partial charge in [0, 0.05) is 16.3 Å². The molecule has 0 fully saturated rings. The summed E-state index contributed by atoms with van der Waals surface area (Å²) in [5.41, 5.74) is 6.58. The first-order valence-electron chi connectivity index (χ1n) is 5.77. The second-order valence-corrected chi connectivity index (χ2v) is 5.69. The molecule has 0 bridgehead atoms. The molecule has 2 aromatic rings. The fourth-order valence-electron chi connectivity index (χ4n) is 1.45. The van der Waals surface area contributed by atoms with E-state index < -0.39 is 12.0 Å². The molecule has 0 aliphatic heterocycles. The maximum Gasteiger partial charge on any atom is 0.248 e. The Bertz CT molecular complexity index is 595. The maximum atomic E-state index is 11.6. The fourth-order valence-corrected chi connectivity index (χ4v) is 2.98. The highest BCUT2D eigenvalue weighted by molar-refractivity contribution is 7.14. The number of amides is 2. The summed E-state index contributed by atoms with van der Waals surface area (Å²) >= 11 is 3.06. The minimum atomic E-state index is -1.37. The molecular weight excluding hydrogens is 298 g/mol. The van der Waals surface area contributed by atoms with Crippen LogP contribution in [0.15, 0.2) is 22.2 Å². The highest BCUT2D eigenvalue weighted by Gasteiger charge is 2.13. The van der Waals surface area contributed by atoms with Crippen LogP contribution in [0, 0.1) is 0 Å². The lowest BCUT2D eigenvalue weighted by molar-refractivity contribution is -0.126. The van der Waals surface area contributed by atoms with Crippen LogP contribution in [0.4, 0.5) is 0 Å². The molecule has 1 unspecified atom stereocenters. The number of aliphatic hydroxyl groups is 1. The topological polar surface area (TPSA) is 105 Å². The van der Waals surface area contributed by atoms with Crippen LogP contribution in [-0.4, -0.2) is 34.6 Å². The summed E-state index contributed by atoms with van der Waals surface area (Å²) in [6.07, 6.45) is -1.26. The number of nitrogens with two attached hydrogens (primary N) is 1. The van der Waals surface area contributed by atoms with Crippen LogP contribution in [0.2, 0.25) is 0 Å². The Morgan fingerprint density at radius 3 is 2.90 bits per heavy atom. The van der Waals surface area contributed by atoms with Gasteiger partial charge < -0.3 is 16.2 Å². The van der Waals surface area contributed by atoms with Crippen LogP contribution in [0.1, 0.15) is 5.69 Å². The van der Waals surface area contributed by atoms with Crippen molar-refractivity contribution < 1.29 is 14.7 Å². The lowest BCUT2D eigenvalue weighted by Gasteiger charge is -2.07. The Morgan fingerprint density at radius 2 is 2.25 bits per heavy atom. The molecule has 0 saturated heterocycles. The van der Waals surface area contributed by atoms with Gasteiger partial charge in [-0.2, -0.15) is 11.3 Å². The van der Waals surface area contributed by atoms with Crippen molar-refractivity contribution in [2.75, 3.05) is 6.54 Å². The van der Waals surface area contributed by atoms with Gasteiger partial charge in [0.1, 0.15) is 11.1 Å². The Hall–Kier alpha value is -1.77. The molecule has 106 valence electrons. The quantitative estimate of drug-likeness (QED) is 0.717. The number of hydrogen-bond donors (Lipinski definition) is 3. The zero-order valence-corrected chi connectivity index (χ0v) is 12.0. The third-order valence-electron chi connectivity index (χ3n) is 2.48. The van der Waals surface area contributed by atoms with E-state index in [2.05, 4.69) is 10.3 Å². The number of carbonyl (C=O) groups is 2. The summed E-state index contributed by atoms with van der Waals surface area (Å²) in [5, 5.41) is 18.2. The number of nitrogens with one attached hydrogen (secondary N) is 1. The number of hydrogen-bond acceptors (Lipinski definition) is 6. The van der Waals surface area contributed by atoms with Crippen LogP contribution in [-0.2, 0) is 16.0 Å². The van der Waals surface area contributed by atoms with Crippen molar-refractivity contribution in [1.29, 1.82) is 0 Å². The van der Waals surface area contributed by atoms with Gasteiger partial charge in [0.05, 0.1) is 18.7 Å². The molecule has 2 rings (SSSR count). The molecule has 1 atom stereocenters. The zero-order chi connectivity index (χ0) is 14.5. The van der Waals surface area contributed by atoms with E-state index in [9.17, 15) is 9.59 Å². The van der Waals surface area contributed by atoms with E-state index in [1.165, 1.54) is 11.3 Å². The second-order valence-electron chi connectivity index (χ2n) is 4.06. The number of aromatic nitrogens is 1. The average molecular weight is 311 g/mol. The first-order valence-corrected chi connectivity index (χ1v) is 7.59. The van der Waals surface area contributed by atoms with Crippen molar-refractivity contribution in [2.24, 2.45) is 5.73 Å². The summed E-state index contributed by atoms with van der Waals surface area (Å²) in [4.78, 5) is 26.6. The Balaban J connectivity index is 1.87. The van der Waals surface area contributed by atoms with E-state index in [0.29, 0.717) is 5.69 Å². The van der Waals surface area contributed by atoms with Crippen molar-refractivity contribution in [1.82, 2.24) is 10.3 Å². The van der Waals surface area contributed by atoms with Crippen LogP contribution in [0.5, 0.6) is 0 Å². The standard InChI is InChI=1S/C12H13N3O3S2/c13-11(18)9(16)4-14-10(17)3-8-6-20-12(15-8)7-1-2-19-5-7/h1-2,5-6,9,16H,3-4H2,(H2,13,18)(H,14,17). The molecule has 2 amide bonds. The monoisotopic (exact) mass is 311 g/mol. The summed E-state index contributed by atoms with van der Waals surface area (Å²) in [5.74, 6) is -1.17. The zero-order valence-electron chi connectivity index (χ0n) is 10.4. The Kier molecular flexibility index (Phi) is 4.83. The van der Waals surface area contributed by atoms with E-state index in [4.69, 9.17) is 10.8 Å². The van der Waals surface area contributed by atoms with Crippen LogP contribution in [0.25, 0.3) is 10.6 Å². The smallest absolute Gasteiger partial charge is 0.248 e. The molecule has 0 spiro atoms. The van der Waals surface area contributed by atoms with E-state index in [0.717, 1.165) is 10.6 Å². The molecule has 0 radical (unpaired) electrons. The third-order valence-corrected chi connectivity index (χ3v) is 4.11. The first kappa shape index (κ1) is 14.6. The summed E-state index contributed by atoms with van der Waals surface area (Å²) in [6, 6.07) is 1.97. The van der Waals surface area contributed by atoms with E-state index in [1.807, 2.05) is 22.2 Å². The first-order chi connectivity index (χ1) is 9.56. The second kappa shape index (κ2) is 6.60. The van der Waals surface area contributed by atoms with Gasteiger partial charge >= 0.3 is 0 Å². The van der Waals surface area contributed by atoms with Gasteiger partial charge in [-0.1, -0.05) is 0 Å². The maximum absolute atomic E-state index is 11.6. The van der Waals surface area contributed by atoms with E-state index >= 15 is 0 Å². The molecule has 4 N–H and O–H groups in total. The van der Waals surface area contributed by atoms with Crippen LogP contribution < -0.4 is 11.1 Å². The van der Waals surface area contributed by atoms with Gasteiger partial charge in [-0.05, 0) is 11.4 Å². The Morgan fingerprint density at radius 1 is 1.45 bits per heavy atom. The number of aliphatic hydroxyl groups excluding tert-OH is 1. The van der Waals surface area contributed by atoms with Crippen molar-refractivity contribution in [3.05, 3.63) is 27.9 Å². The van der Waals surface area contributed by atoms with Crippen LogP contribution in [0.3, 0.4) is 0 Å². The van der Waals surface area contributed by atoms with E-state index in [-0.39, 0.29) is 18.9 Å². The molecular formula is C12H13N3O3S2. The molecule has 20 heavy (non-hydrogen) atoms. The van der Waals surface area contributed by atoms with Gasteiger partial charge in [0.2, 0.25) is 11.8 Å². The van der Waals surface area contributed by atoms with Gasteiger partial charge in [-0.25, -0.2) is 4.98 Å². The number of carbonyl (C=O) groups excluding carboxylic acids is 2. The largest absolute Gasteiger partial charge is 0.381 e. The molecule has 0 saturated carbocycles. The molecule has 0 aliphatic rings.